The number of aromatic nitrogens is 2. The van der Waals surface area contributed by atoms with E-state index in [1.165, 1.54) is 6.42 Å². The van der Waals surface area contributed by atoms with Gasteiger partial charge in [-0.25, -0.2) is 4.98 Å². The Balaban J connectivity index is 1.54. The quantitative estimate of drug-likeness (QED) is 0.923. The highest BCUT2D eigenvalue weighted by Gasteiger charge is 2.20. The lowest BCUT2D eigenvalue weighted by molar-refractivity contribution is 0.0911. The molecule has 0 bridgehead atoms. The maximum Gasteiger partial charge on any atom is 0.251 e. The Bertz CT molecular complexity index is 613. The molecule has 1 amide bonds. The topological polar surface area (TPSA) is 50.2 Å². The first-order chi connectivity index (χ1) is 11.3. The summed E-state index contributed by atoms with van der Waals surface area (Å²) in [6, 6.07) is 7.93. The number of amides is 1. The van der Waals surface area contributed by atoms with E-state index in [2.05, 4.69) is 22.1 Å². The van der Waals surface area contributed by atoms with Gasteiger partial charge >= 0.3 is 0 Å². The fourth-order valence-electron chi connectivity index (χ4n) is 3.08. The highest BCUT2D eigenvalue weighted by Crippen LogP contribution is 2.13. The number of nitrogens with zero attached hydrogens (tertiary/aromatic N) is 3. The van der Waals surface area contributed by atoms with Crippen LogP contribution in [0.15, 0.2) is 43.0 Å². The van der Waals surface area contributed by atoms with Crippen molar-refractivity contribution in [1.82, 2.24) is 19.8 Å². The molecule has 0 spiro atoms. The van der Waals surface area contributed by atoms with Gasteiger partial charge in [0.25, 0.3) is 5.91 Å². The molecule has 1 N–H and O–H groups in total. The third kappa shape index (κ3) is 3.99. The van der Waals surface area contributed by atoms with E-state index in [4.69, 9.17) is 0 Å². The average molecular weight is 312 g/mol. The van der Waals surface area contributed by atoms with Gasteiger partial charge in [-0.1, -0.05) is 6.92 Å². The number of carbonyl (C=O) groups is 1. The number of benzene rings is 1. The summed E-state index contributed by atoms with van der Waals surface area (Å²) in [5.41, 5.74) is 1.72. The summed E-state index contributed by atoms with van der Waals surface area (Å²) in [7, 11) is 0. The summed E-state index contributed by atoms with van der Waals surface area (Å²) in [6.45, 7) is 5.54. The molecule has 0 radical (unpaired) electrons. The molecule has 23 heavy (non-hydrogen) atoms. The van der Waals surface area contributed by atoms with E-state index in [0.717, 1.165) is 38.2 Å². The van der Waals surface area contributed by atoms with Crippen LogP contribution in [0.2, 0.25) is 0 Å². The van der Waals surface area contributed by atoms with E-state index in [-0.39, 0.29) is 5.91 Å². The van der Waals surface area contributed by atoms with Crippen molar-refractivity contribution in [3.8, 4) is 5.69 Å². The van der Waals surface area contributed by atoms with Crippen LogP contribution in [0.25, 0.3) is 5.69 Å². The predicted octanol–water partition coefficient (Wildman–Crippen LogP) is 2.48. The molecule has 2 heterocycles. The molecule has 2 aromatic rings. The normalized spacial score (nSPS) is 16.4. The van der Waals surface area contributed by atoms with E-state index in [0.29, 0.717) is 11.6 Å². The van der Waals surface area contributed by atoms with Crippen LogP contribution in [-0.2, 0) is 0 Å². The van der Waals surface area contributed by atoms with E-state index < -0.39 is 0 Å². The van der Waals surface area contributed by atoms with Gasteiger partial charge in [-0.2, -0.15) is 0 Å². The zero-order chi connectivity index (χ0) is 16.1. The van der Waals surface area contributed by atoms with Gasteiger partial charge in [-0.3, -0.25) is 4.79 Å². The minimum Gasteiger partial charge on any atom is -0.349 e. The Kier molecular flexibility index (Phi) is 5.08. The van der Waals surface area contributed by atoms with Crippen molar-refractivity contribution in [1.29, 1.82) is 0 Å². The SMILES string of the molecule is CCCN1CCC(NC(=O)c2ccc(-n3ccnc3)cc2)CC1. The summed E-state index contributed by atoms with van der Waals surface area (Å²) in [6.07, 6.45) is 8.65. The van der Waals surface area contributed by atoms with Crippen molar-refractivity contribution in [2.24, 2.45) is 0 Å². The second kappa shape index (κ2) is 7.42. The fourth-order valence-corrected chi connectivity index (χ4v) is 3.08. The Morgan fingerprint density at radius 2 is 2.00 bits per heavy atom. The molecule has 1 fully saturated rings. The van der Waals surface area contributed by atoms with Crippen LogP contribution in [0.1, 0.15) is 36.5 Å². The van der Waals surface area contributed by atoms with Gasteiger partial charge in [0.1, 0.15) is 0 Å². The van der Waals surface area contributed by atoms with Gasteiger partial charge in [-0.15, -0.1) is 0 Å². The molecule has 1 aliphatic heterocycles. The van der Waals surface area contributed by atoms with Crippen LogP contribution >= 0.6 is 0 Å². The maximum atomic E-state index is 12.4. The van der Waals surface area contributed by atoms with Crippen LogP contribution in [0.4, 0.5) is 0 Å². The van der Waals surface area contributed by atoms with Crippen LogP contribution in [0, 0.1) is 0 Å². The third-order valence-corrected chi connectivity index (χ3v) is 4.39. The van der Waals surface area contributed by atoms with Crippen LogP contribution < -0.4 is 5.32 Å². The summed E-state index contributed by atoms with van der Waals surface area (Å²) in [5, 5.41) is 3.17. The van der Waals surface area contributed by atoms with Gasteiger partial charge in [0.15, 0.2) is 0 Å². The first-order valence-electron chi connectivity index (χ1n) is 8.38. The lowest BCUT2D eigenvalue weighted by Gasteiger charge is -2.32. The van der Waals surface area contributed by atoms with Gasteiger partial charge in [-0.05, 0) is 50.1 Å². The fraction of sp³-hybridized carbons (Fsp3) is 0.444. The number of hydrogen-bond acceptors (Lipinski definition) is 3. The smallest absolute Gasteiger partial charge is 0.251 e. The van der Waals surface area contributed by atoms with Gasteiger partial charge < -0.3 is 14.8 Å². The van der Waals surface area contributed by atoms with Gasteiger partial charge in [0.05, 0.1) is 6.33 Å². The molecule has 5 heteroatoms. The largest absolute Gasteiger partial charge is 0.349 e. The number of likely N-dealkylation sites (tertiary alicyclic amines) is 1. The van der Waals surface area contributed by atoms with Crippen LogP contribution in [0.3, 0.4) is 0 Å². The van der Waals surface area contributed by atoms with Crippen molar-refractivity contribution in [3.63, 3.8) is 0 Å². The molecule has 0 aliphatic carbocycles. The minimum absolute atomic E-state index is 0.0242. The molecule has 3 rings (SSSR count). The standard InChI is InChI=1S/C18H24N4O/c1-2-10-21-11-7-16(8-12-21)20-18(23)15-3-5-17(6-4-15)22-13-9-19-14-22/h3-6,9,13-14,16H,2,7-8,10-12H2,1H3,(H,20,23). The molecule has 0 atom stereocenters. The second-order valence-electron chi connectivity index (χ2n) is 6.11. The maximum absolute atomic E-state index is 12.4. The number of piperidine rings is 1. The Morgan fingerprint density at radius 3 is 2.61 bits per heavy atom. The summed E-state index contributed by atoms with van der Waals surface area (Å²) < 4.78 is 1.92. The molecule has 1 saturated heterocycles. The molecule has 5 nitrogen and oxygen atoms in total. The molecule has 0 saturated carbocycles. The van der Waals surface area contributed by atoms with Crippen molar-refractivity contribution >= 4 is 5.91 Å². The lowest BCUT2D eigenvalue weighted by Crippen LogP contribution is -2.44. The van der Waals surface area contributed by atoms with E-state index in [1.54, 1.807) is 12.5 Å². The van der Waals surface area contributed by atoms with Crippen LogP contribution in [0.5, 0.6) is 0 Å². The second-order valence-corrected chi connectivity index (χ2v) is 6.11. The van der Waals surface area contributed by atoms with Gasteiger partial charge in [0, 0.05) is 42.8 Å². The lowest BCUT2D eigenvalue weighted by atomic mass is 10.0. The van der Waals surface area contributed by atoms with Crippen molar-refractivity contribution in [2.75, 3.05) is 19.6 Å². The molecular weight excluding hydrogens is 288 g/mol. The number of rotatable bonds is 5. The average Bonchev–Trinajstić information content (AvgIpc) is 3.11. The van der Waals surface area contributed by atoms with Crippen molar-refractivity contribution in [3.05, 3.63) is 48.5 Å². The zero-order valence-corrected chi connectivity index (χ0v) is 13.6. The third-order valence-electron chi connectivity index (χ3n) is 4.39. The molecule has 1 aliphatic rings. The molecule has 1 aromatic heterocycles. The molecule has 1 aromatic carbocycles. The summed E-state index contributed by atoms with van der Waals surface area (Å²) in [4.78, 5) is 18.9. The first-order valence-corrected chi connectivity index (χ1v) is 8.38. The Morgan fingerprint density at radius 1 is 1.26 bits per heavy atom. The Hall–Kier alpha value is -2.14. The highest BCUT2D eigenvalue weighted by atomic mass is 16.1. The number of nitrogens with one attached hydrogen (secondary N) is 1. The molecule has 0 unspecified atom stereocenters. The molecule has 122 valence electrons. The van der Waals surface area contributed by atoms with Crippen LogP contribution in [-0.4, -0.2) is 46.0 Å². The van der Waals surface area contributed by atoms with Crippen molar-refractivity contribution < 1.29 is 4.79 Å². The van der Waals surface area contributed by atoms with Gasteiger partial charge in [0.2, 0.25) is 0 Å². The zero-order valence-electron chi connectivity index (χ0n) is 13.6. The number of imidazole rings is 1. The number of hydrogen-bond donors (Lipinski definition) is 1. The molecular formula is C18H24N4O. The van der Waals surface area contributed by atoms with E-state index in [9.17, 15) is 4.79 Å². The Labute approximate surface area is 137 Å². The first kappa shape index (κ1) is 15.7. The van der Waals surface area contributed by atoms with Crippen molar-refractivity contribution in [2.45, 2.75) is 32.2 Å². The predicted molar refractivity (Wildman–Crippen MR) is 90.8 cm³/mol. The summed E-state index contributed by atoms with van der Waals surface area (Å²) in [5.74, 6) is 0.0242. The summed E-state index contributed by atoms with van der Waals surface area (Å²) >= 11 is 0. The van der Waals surface area contributed by atoms with E-state index in [1.807, 2.05) is 35.0 Å². The van der Waals surface area contributed by atoms with E-state index >= 15 is 0 Å². The number of carbonyl (C=O) groups excluding carboxylic acids is 1. The highest BCUT2D eigenvalue weighted by molar-refractivity contribution is 5.94. The minimum atomic E-state index is 0.0242. The monoisotopic (exact) mass is 312 g/mol.